The van der Waals surface area contributed by atoms with Crippen LogP contribution in [0.3, 0.4) is 0 Å². The summed E-state index contributed by atoms with van der Waals surface area (Å²) in [5.41, 5.74) is 14.8. The molecule has 1 aromatic heterocycles. The maximum absolute atomic E-state index is 10.6. The van der Waals surface area contributed by atoms with Crippen LogP contribution in [0.1, 0.15) is 22.4 Å². The van der Waals surface area contributed by atoms with Crippen LogP contribution in [0.2, 0.25) is 0 Å². The van der Waals surface area contributed by atoms with Crippen LogP contribution in [0.15, 0.2) is 67.1 Å². The van der Waals surface area contributed by atoms with E-state index in [1.807, 2.05) is 72.3 Å². The van der Waals surface area contributed by atoms with Crippen LogP contribution >= 0.6 is 0 Å². The van der Waals surface area contributed by atoms with Gasteiger partial charge in [0.05, 0.1) is 12.0 Å². The lowest BCUT2D eigenvalue weighted by Crippen LogP contribution is -2.32. The number of imidazole rings is 1. The van der Waals surface area contributed by atoms with Gasteiger partial charge in [-0.3, -0.25) is 9.59 Å². The van der Waals surface area contributed by atoms with Gasteiger partial charge in [-0.15, -0.1) is 0 Å². The SMILES string of the molecule is Cc1ccc(CC(N)C(=O)O)cc1.NC(Cc1cn(Cc2ccccc2)cn1)C(=O)O. The number of hydrogen-bond donors (Lipinski definition) is 4. The van der Waals surface area contributed by atoms with Gasteiger partial charge in [0.15, 0.2) is 0 Å². The van der Waals surface area contributed by atoms with E-state index in [1.54, 1.807) is 6.33 Å². The fourth-order valence-electron chi connectivity index (χ4n) is 2.77. The van der Waals surface area contributed by atoms with Crippen LogP contribution in [-0.4, -0.2) is 43.8 Å². The van der Waals surface area contributed by atoms with Gasteiger partial charge in [-0.05, 0) is 24.5 Å². The summed E-state index contributed by atoms with van der Waals surface area (Å²) in [6, 6.07) is 16.0. The Morgan fingerprint density at radius 2 is 1.48 bits per heavy atom. The molecular weight excluding hydrogens is 396 g/mol. The van der Waals surface area contributed by atoms with Crippen molar-refractivity contribution in [3.63, 3.8) is 0 Å². The number of nitrogens with zero attached hydrogens (tertiary/aromatic N) is 2. The number of carboxylic acid groups (broad SMARTS) is 2. The first kappa shape index (κ1) is 23.8. The number of carboxylic acids is 2. The lowest BCUT2D eigenvalue weighted by molar-refractivity contribution is -0.139. The number of rotatable bonds is 8. The second kappa shape index (κ2) is 11.6. The molecule has 1 heterocycles. The number of aryl methyl sites for hydroxylation is 1. The van der Waals surface area contributed by atoms with Crippen LogP contribution < -0.4 is 11.5 Å². The fraction of sp³-hybridized carbons (Fsp3) is 0.261. The lowest BCUT2D eigenvalue weighted by Gasteiger charge is -2.05. The van der Waals surface area contributed by atoms with Gasteiger partial charge in [0.1, 0.15) is 12.1 Å². The van der Waals surface area contributed by atoms with E-state index in [0.29, 0.717) is 12.1 Å². The largest absolute Gasteiger partial charge is 0.480 e. The van der Waals surface area contributed by atoms with Crippen LogP contribution in [0.5, 0.6) is 0 Å². The quantitative estimate of drug-likeness (QED) is 0.432. The summed E-state index contributed by atoms with van der Waals surface area (Å²) in [4.78, 5) is 25.2. The van der Waals surface area contributed by atoms with E-state index in [2.05, 4.69) is 4.98 Å². The predicted octanol–water partition coefficient (Wildman–Crippen LogP) is 1.84. The van der Waals surface area contributed by atoms with Gasteiger partial charge < -0.3 is 26.2 Å². The second-order valence-corrected chi connectivity index (χ2v) is 7.31. The zero-order chi connectivity index (χ0) is 22.8. The normalized spacial score (nSPS) is 12.4. The van der Waals surface area contributed by atoms with Crippen molar-refractivity contribution >= 4 is 11.9 Å². The number of nitrogens with two attached hydrogens (primary N) is 2. The molecule has 0 amide bonds. The molecule has 2 atom stereocenters. The molecule has 8 nitrogen and oxygen atoms in total. The average molecular weight is 425 g/mol. The number of aliphatic carboxylic acids is 2. The van der Waals surface area contributed by atoms with E-state index >= 15 is 0 Å². The zero-order valence-corrected chi connectivity index (χ0v) is 17.4. The highest BCUT2D eigenvalue weighted by molar-refractivity contribution is 5.73. The van der Waals surface area contributed by atoms with Gasteiger partial charge in [0, 0.05) is 19.2 Å². The number of carbonyl (C=O) groups is 2. The first-order valence-corrected chi connectivity index (χ1v) is 9.81. The third kappa shape index (κ3) is 8.41. The summed E-state index contributed by atoms with van der Waals surface area (Å²) in [7, 11) is 0. The van der Waals surface area contributed by atoms with Crippen LogP contribution in [0, 0.1) is 6.92 Å². The molecule has 0 fully saturated rings. The van der Waals surface area contributed by atoms with Gasteiger partial charge in [0.25, 0.3) is 0 Å². The summed E-state index contributed by atoms with van der Waals surface area (Å²) >= 11 is 0. The Labute approximate surface area is 181 Å². The Hall–Kier alpha value is -3.49. The monoisotopic (exact) mass is 424 g/mol. The van der Waals surface area contributed by atoms with Gasteiger partial charge in [-0.25, -0.2) is 4.98 Å². The van der Waals surface area contributed by atoms with E-state index in [0.717, 1.165) is 17.7 Å². The minimum Gasteiger partial charge on any atom is -0.480 e. The lowest BCUT2D eigenvalue weighted by atomic mass is 10.1. The van der Waals surface area contributed by atoms with E-state index in [1.165, 1.54) is 5.56 Å². The Morgan fingerprint density at radius 1 is 0.903 bits per heavy atom. The summed E-state index contributed by atoms with van der Waals surface area (Å²) < 4.78 is 1.92. The molecule has 2 unspecified atom stereocenters. The number of benzene rings is 2. The van der Waals surface area contributed by atoms with E-state index in [4.69, 9.17) is 21.7 Å². The van der Waals surface area contributed by atoms with Gasteiger partial charge in [-0.1, -0.05) is 60.2 Å². The minimum atomic E-state index is -1.01. The standard InChI is InChI=1S/C13H15N3O2.C10H13NO2/c14-12(13(17)18)6-11-8-16(9-15-11)7-10-4-2-1-3-5-10;1-7-2-4-8(5-3-7)6-9(11)10(12)13/h1-5,8-9,12H,6-7,14H2,(H,17,18);2-5,9H,6,11H2,1H3,(H,12,13). The van der Waals surface area contributed by atoms with Crippen molar-refractivity contribution < 1.29 is 19.8 Å². The third-order valence-electron chi connectivity index (χ3n) is 4.53. The molecule has 0 aliphatic rings. The zero-order valence-electron chi connectivity index (χ0n) is 17.4. The van der Waals surface area contributed by atoms with Crippen molar-refractivity contribution in [1.82, 2.24) is 9.55 Å². The molecular formula is C23H28N4O4. The van der Waals surface area contributed by atoms with Crippen molar-refractivity contribution in [2.75, 3.05) is 0 Å². The topological polar surface area (TPSA) is 144 Å². The highest BCUT2D eigenvalue weighted by Crippen LogP contribution is 2.06. The molecule has 164 valence electrons. The smallest absolute Gasteiger partial charge is 0.320 e. The Bertz CT molecular complexity index is 971. The van der Waals surface area contributed by atoms with Gasteiger partial charge >= 0.3 is 11.9 Å². The molecule has 0 saturated carbocycles. The van der Waals surface area contributed by atoms with E-state index in [-0.39, 0.29) is 6.42 Å². The Kier molecular flexibility index (Phi) is 8.93. The number of hydrogen-bond acceptors (Lipinski definition) is 5. The van der Waals surface area contributed by atoms with Gasteiger partial charge in [-0.2, -0.15) is 0 Å². The molecule has 3 aromatic rings. The van der Waals surface area contributed by atoms with E-state index < -0.39 is 24.0 Å². The Morgan fingerprint density at radius 3 is 2.06 bits per heavy atom. The molecule has 0 bridgehead atoms. The molecule has 0 spiro atoms. The van der Waals surface area contributed by atoms with Crippen LogP contribution in [0.4, 0.5) is 0 Å². The van der Waals surface area contributed by atoms with Crippen LogP contribution in [-0.2, 0) is 29.0 Å². The predicted molar refractivity (Wildman–Crippen MR) is 118 cm³/mol. The Balaban J connectivity index is 0.000000233. The van der Waals surface area contributed by atoms with Crippen molar-refractivity contribution in [2.45, 2.75) is 38.4 Å². The average Bonchev–Trinajstić information content (AvgIpc) is 3.17. The highest BCUT2D eigenvalue weighted by atomic mass is 16.4. The highest BCUT2D eigenvalue weighted by Gasteiger charge is 2.13. The molecule has 2 aromatic carbocycles. The first-order chi connectivity index (χ1) is 14.7. The molecule has 0 saturated heterocycles. The van der Waals surface area contributed by atoms with Crippen LogP contribution in [0.25, 0.3) is 0 Å². The first-order valence-electron chi connectivity index (χ1n) is 9.81. The maximum atomic E-state index is 10.6. The van der Waals surface area contributed by atoms with Crippen molar-refractivity contribution in [3.05, 3.63) is 89.5 Å². The summed E-state index contributed by atoms with van der Waals surface area (Å²) in [5.74, 6) is -1.96. The summed E-state index contributed by atoms with van der Waals surface area (Å²) in [6.45, 7) is 2.71. The second-order valence-electron chi connectivity index (χ2n) is 7.31. The molecule has 8 heteroatoms. The van der Waals surface area contributed by atoms with Crippen molar-refractivity contribution in [3.8, 4) is 0 Å². The summed E-state index contributed by atoms with van der Waals surface area (Å²) in [6.07, 6.45) is 4.15. The fourth-order valence-corrected chi connectivity index (χ4v) is 2.77. The summed E-state index contributed by atoms with van der Waals surface area (Å²) in [5, 5.41) is 17.3. The van der Waals surface area contributed by atoms with E-state index in [9.17, 15) is 9.59 Å². The molecule has 0 radical (unpaired) electrons. The molecule has 3 rings (SSSR count). The molecule has 31 heavy (non-hydrogen) atoms. The minimum absolute atomic E-state index is 0.247. The van der Waals surface area contributed by atoms with Gasteiger partial charge in [0.2, 0.25) is 0 Å². The van der Waals surface area contributed by atoms with Crippen molar-refractivity contribution in [2.24, 2.45) is 11.5 Å². The molecule has 6 N–H and O–H groups in total. The van der Waals surface area contributed by atoms with Crippen molar-refractivity contribution in [1.29, 1.82) is 0 Å². The number of aromatic nitrogens is 2. The maximum Gasteiger partial charge on any atom is 0.320 e. The third-order valence-corrected chi connectivity index (χ3v) is 4.53. The molecule has 0 aliphatic heterocycles. The molecule has 0 aliphatic carbocycles.